The van der Waals surface area contributed by atoms with E-state index in [1.165, 1.54) is 0 Å². The quantitative estimate of drug-likeness (QED) is 0.298. The molecule has 0 aromatic carbocycles. The molecule has 1 aliphatic rings. The van der Waals surface area contributed by atoms with Crippen molar-refractivity contribution in [2.75, 3.05) is 11.4 Å². The van der Waals surface area contributed by atoms with Gasteiger partial charge in [-0.1, -0.05) is 47.8 Å². The Labute approximate surface area is 204 Å². The molecule has 0 saturated carbocycles. The van der Waals surface area contributed by atoms with Crippen molar-refractivity contribution in [3.8, 4) is 0 Å². The molecule has 6 nitrogen and oxygen atoms in total. The van der Waals surface area contributed by atoms with Crippen molar-refractivity contribution in [2.24, 2.45) is 10.9 Å². The molecular formula is C26H41N5OS. The lowest BCUT2D eigenvalue weighted by atomic mass is 9.91. The number of hydrogen-bond acceptors (Lipinski definition) is 6. The summed E-state index contributed by atoms with van der Waals surface area (Å²) in [6, 6.07) is 4.12. The van der Waals surface area contributed by atoms with Crippen LogP contribution in [0.3, 0.4) is 0 Å². The van der Waals surface area contributed by atoms with Crippen LogP contribution in [0.2, 0.25) is 0 Å². The van der Waals surface area contributed by atoms with E-state index in [-0.39, 0.29) is 22.9 Å². The van der Waals surface area contributed by atoms with Crippen molar-refractivity contribution in [2.45, 2.75) is 85.2 Å². The first-order chi connectivity index (χ1) is 15.3. The van der Waals surface area contributed by atoms with Gasteiger partial charge >= 0.3 is 0 Å². The number of anilines is 1. The molecule has 2 N–H and O–H groups in total. The summed E-state index contributed by atoms with van der Waals surface area (Å²) in [6.45, 7) is 25.9. The molecule has 2 unspecified atom stereocenters. The van der Waals surface area contributed by atoms with Crippen molar-refractivity contribution in [3.63, 3.8) is 0 Å². The van der Waals surface area contributed by atoms with Gasteiger partial charge in [-0.25, -0.2) is 9.98 Å². The van der Waals surface area contributed by atoms with Gasteiger partial charge in [0.1, 0.15) is 16.7 Å². The molecule has 0 spiro atoms. The molecule has 2 heterocycles. The second-order valence-electron chi connectivity index (χ2n) is 10.6. The highest BCUT2D eigenvalue weighted by Crippen LogP contribution is 2.38. The summed E-state index contributed by atoms with van der Waals surface area (Å²) in [6.07, 6.45) is 3.64. The highest BCUT2D eigenvalue weighted by Gasteiger charge is 2.39. The third-order valence-electron chi connectivity index (χ3n) is 5.91. The molecular weight excluding hydrogens is 430 g/mol. The Bertz CT molecular complexity index is 916. The maximum atomic E-state index is 13.3. The first-order valence-corrected chi connectivity index (χ1v) is 12.5. The number of carbonyl (C=O) groups excluding carboxylic acids is 1. The maximum absolute atomic E-state index is 13.3. The van der Waals surface area contributed by atoms with Gasteiger partial charge in [0.2, 0.25) is 0 Å². The topological polar surface area (TPSA) is 69.6 Å². The lowest BCUT2D eigenvalue weighted by Gasteiger charge is -2.34. The van der Waals surface area contributed by atoms with E-state index in [4.69, 9.17) is 4.98 Å². The van der Waals surface area contributed by atoms with Crippen LogP contribution in [0.15, 0.2) is 42.2 Å². The van der Waals surface area contributed by atoms with Crippen LogP contribution < -0.4 is 14.9 Å². The molecule has 0 bridgehead atoms. The summed E-state index contributed by atoms with van der Waals surface area (Å²) in [5.41, 5.74) is 1.35. The lowest BCUT2D eigenvalue weighted by Crippen LogP contribution is -2.40. The summed E-state index contributed by atoms with van der Waals surface area (Å²) in [5, 5.41) is 3.79. The zero-order chi connectivity index (χ0) is 25.0. The van der Waals surface area contributed by atoms with Gasteiger partial charge in [0.05, 0.1) is 5.56 Å². The van der Waals surface area contributed by atoms with Crippen molar-refractivity contribution in [1.29, 1.82) is 0 Å². The molecule has 1 aliphatic heterocycles. The first-order valence-electron chi connectivity index (χ1n) is 11.7. The minimum absolute atomic E-state index is 0.0712. The Morgan fingerprint density at radius 1 is 1.42 bits per heavy atom. The third-order valence-corrected chi connectivity index (χ3v) is 6.66. The molecule has 1 fully saturated rings. The number of aromatic nitrogens is 1. The van der Waals surface area contributed by atoms with Gasteiger partial charge < -0.3 is 10.2 Å². The SMILES string of the molecule is C=C/C(=N\C(=C)NC(C)CC)SNC(=O)c1ccc(C(C)(C)C)nc1N1CC(C)CC1(C)C. The molecule has 2 atom stereocenters. The highest BCUT2D eigenvalue weighted by atomic mass is 32.2. The van der Waals surface area contributed by atoms with Crippen LogP contribution in [0, 0.1) is 5.92 Å². The van der Waals surface area contributed by atoms with E-state index < -0.39 is 0 Å². The minimum Gasteiger partial charge on any atom is -0.368 e. The predicted molar refractivity (Wildman–Crippen MR) is 143 cm³/mol. The fraction of sp³-hybridized carbons (Fsp3) is 0.577. The fourth-order valence-electron chi connectivity index (χ4n) is 4.02. The third kappa shape index (κ3) is 7.10. The molecule has 1 amide bonds. The van der Waals surface area contributed by atoms with Crippen LogP contribution in [-0.4, -0.2) is 34.1 Å². The van der Waals surface area contributed by atoms with Gasteiger partial charge in [-0.2, -0.15) is 0 Å². The van der Waals surface area contributed by atoms with Gasteiger partial charge in [-0.3, -0.25) is 9.52 Å². The molecule has 182 valence electrons. The Balaban J connectivity index is 2.30. The van der Waals surface area contributed by atoms with Gasteiger partial charge in [0.15, 0.2) is 0 Å². The van der Waals surface area contributed by atoms with Crippen molar-refractivity contribution in [3.05, 3.63) is 48.4 Å². The zero-order valence-electron chi connectivity index (χ0n) is 21.6. The van der Waals surface area contributed by atoms with E-state index in [1.807, 2.05) is 12.1 Å². The number of carbonyl (C=O) groups is 1. The molecule has 1 aromatic heterocycles. The standard InChI is InChI=1S/C26H41N5OS/c1-11-18(4)27-19(5)28-22(12-2)33-30-24(32)20-13-14-21(25(6,7)8)29-23(20)31-16-17(3)15-26(31,9)10/h12-14,17-18,27H,2,5,11,15-16H2,1,3-4,6-10H3,(H,30,32)/b28-22+. The van der Waals surface area contributed by atoms with Crippen LogP contribution in [-0.2, 0) is 5.41 Å². The van der Waals surface area contributed by atoms with E-state index in [2.05, 4.69) is 88.5 Å². The number of amides is 1. The van der Waals surface area contributed by atoms with E-state index in [1.54, 1.807) is 6.08 Å². The summed E-state index contributed by atoms with van der Waals surface area (Å²) in [5.74, 6) is 1.63. The van der Waals surface area contributed by atoms with Crippen molar-refractivity contribution >= 4 is 28.7 Å². The Morgan fingerprint density at radius 3 is 2.61 bits per heavy atom. The molecule has 1 aromatic rings. The Kier molecular flexibility index (Phi) is 8.80. The lowest BCUT2D eigenvalue weighted by molar-refractivity contribution is 0.0984. The number of hydrogen-bond donors (Lipinski definition) is 2. The monoisotopic (exact) mass is 471 g/mol. The second kappa shape index (κ2) is 10.8. The molecule has 2 rings (SSSR count). The van der Waals surface area contributed by atoms with Gasteiger partial charge in [0, 0.05) is 41.2 Å². The Morgan fingerprint density at radius 2 is 2.09 bits per heavy atom. The number of rotatable bonds is 7. The highest BCUT2D eigenvalue weighted by molar-refractivity contribution is 8.13. The molecule has 1 saturated heterocycles. The predicted octanol–water partition coefficient (Wildman–Crippen LogP) is 5.83. The minimum atomic E-state index is -0.201. The number of aliphatic imine (C=N–C) groups is 1. The maximum Gasteiger partial charge on any atom is 0.265 e. The van der Waals surface area contributed by atoms with Crippen LogP contribution in [0.4, 0.5) is 5.82 Å². The number of pyridine rings is 1. The van der Waals surface area contributed by atoms with E-state index in [0.717, 1.165) is 42.8 Å². The summed E-state index contributed by atoms with van der Waals surface area (Å²) in [4.78, 5) is 25.0. The second-order valence-corrected chi connectivity index (χ2v) is 11.5. The van der Waals surface area contributed by atoms with Crippen LogP contribution in [0.1, 0.15) is 84.3 Å². The van der Waals surface area contributed by atoms with Crippen LogP contribution in [0.25, 0.3) is 0 Å². The largest absolute Gasteiger partial charge is 0.368 e. The molecule has 0 aliphatic carbocycles. The van der Waals surface area contributed by atoms with E-state index in [9.17, 15) is 4.79 Å². The molecule has 33 heavy (non-hydrogen) atoms. The zero-order valence-corrected chi connectivity index (χ0v) is 22.4. The summed E-state index contributed by atoms with van der Waals surface area (Å²) >= 11 is 1.13. The summed E-state index contributed by atoms with van der Waals surface area (Å²) < 4.78 is 2.92. The number of nitrogens with one attached hydrogen (secondary N) is 2. The summed E-state index contributed by atoms with van der Waals surface area (Å²) in [7, 11) is 0. The van der Waals surface area contributed by atoms with E-state index >= 15 is 0 Å². The van der Waals surface area contributed by atoms with Crippen molar-refractivity contribution < 1.29 is 4.79 Å². The normalized spacial score (nSPS) is 19.2. The van der Waals surface area contributed by atoms with Gasteiger partial charge in [-0.05, 0) is 57.7 Å². The molecule has 0 radical (unpaired) electrons. The average molecular weight is 472 g/mol. The van der Waals surface area contributed by atoms with Gasteiger partial charge in [-0.15, -0.1) is 0 Å². The number of nitrogens with zero attached hydrogens (tertiary/aromatic N) is 3. The van der Waals surface area contributed by atoms with Crippen molar-refractivity contribution in [1.82, 2.24) is 15.0 Å². The smallest absolute Gasteiger partial charge is 0.265 e. The first kappa shape index (κ1) is 27.0. The fourth-order valence-corrected chi connectivity index (χ4v) is 4.57. The van der Waals surface area contributed by atoms with Crippen LogP contribution >= 0.6 is 11.9 Å². The van der Waals surface area contributed by atoms with Crippen LogP contribution in [0.5, 0.6) is 0 Å². The van der Waals surface area contributed by atoms with Gasteiger partial charge in [0.25, 0.3) is 5.91 Å². The van der Waals surface area contributed by atoms with E-state index in [0.29, 0.717) is 22.3 Å². The average Bonchev–Trinajstić information content (AvgIpc) is 3.01. The molecule has 7 heteroatoms. The Hall–Kier alpha value is -2.28.